The van der Waals surface area contributed by atoms with Gasteiger partial charge in [0.1, 0.15) is 5.31 Å². The molecule has 154 valence electrons. The van der Waals surface area contributed by atoms with Crippen LogP contribution in [0.5, 0.6) is 0 Å². The van der Waals surface area contributed by atoms with Crippen molar-refractivity contribution in [2.75, 3.05) is 6.16 Å². The third kappa shape index (κ3) is 13.6. The molecule has 0 spiro atoms. The molecule has 0 aliphatic carbocycles. The lowest BCUT2D eigenvalue weighted by molar-refractivity contribution is -0.131. The predicted octanol–water partition coefficient (Wildman–Crippen LogP) is 7.12. The molecule has 0 aliphatic heterocycles. The third-order valence-corrected chi connectivity index (χ3v) is 6.90. The van der Waals surface area contributed by atoms with Crippen LogP contribution in [0, 0.1) is 0 Å². The molecular weight excluding hydrogens is 347 g/mol. The van der Waals surface area contributed by atoms with E-state index in [1.807, 2.05) is 0 Å². The molecule has 26 heavy (non-hydrogen) atoms. The maximum Gasteiger partial charge on any atom is 0.341 e. The van der Waals surface area contributed by atoms with Crippen LogP contribution in [-0.4, -0.2) is 22.1 Å². The van der Waals surface area contributed by atoms with Crippen molar-refractivity contribution in [2.45, 2.75) is 110 Å². The zero-order valence-corrected chi connectivity index (χ0v) is 17.9. The second-order valence-corrected chi connectivity index (χ2v) is 9.81. The van der Waals surface area contributed by atoms with Crippen molar-refractivity contribution >= 4 is 13.3 Å². The van der Waals surface area contributed by atoms with Gasteiger partial charge in [0.2, 0.25) is 7.37 Å². The molecule has 0 radical (unpaired) electrons. The predicted molar refractivity (Wildman–Crippen MR) is 111 cm³/mol. The van der Waals surface area contributed by atoms with Gasteiger partial charge in [-0.2, -0.15) is 0 Å². The van der Waals surface area contributed by atoms with E-state index < -0.39 is 13.3 Å². The highest BCUT2D eigenvalue weighted by atomic mass is 31.2. The van der Waals surface area contributed by atoms with Gasteiger partial charge in [0, 0.05) is 6.16 Å². The maximum absolute atomic E-state index is 11.8. The van der Waals surface area contributed by atoms with Gasteiger partial charge >= 0.3 is 5.97 Å². The van der Waals surface area contributed by atoms with Crippen molar-refractivity contribution in [3.05, 3.63) is 11.4 Å². The minimum absolute atomic E-state index is 0.0239. The minimum atomic E-state index is -3.67. The van der Waals surface area contributed by atoms with Gasteiger partial charge in [0.15, 0.2) is 0 Å². The van der Waals surface area contributed by atoms with Crippen LogP contribution in [-0.2, 0) is 9.36 Å². The zero-order valence-electron chi connectivity index (χ0n) is 17.0. The first kappa shape index (κ1) is 25.4. The number of aliphatic carboxylic acids is 1. The molecule has 0 saturated heterocycles. The van der Waals surface area contributed by atoms with Gasteiger partial charge in [-0.1, -0.05) is 103 Å². The van der Waals surface area contributed by atoms with Crippen LogP contribution in [0.15, 0.2) is 11.4 Å². The van der Waals surface area contributed by atoms with Crippen molar-refractivity contribution in [3.8, 4) is 0 Å². The summed E-state index contributed by atoms with van der Waals surface area (Å²) >= 11 is 0. The van der Waals surface area contributed by atoms with E-state index in [4.69, 9.17) is 5.11 Å². The fourth-order valence-corrected chi connectivity index (χ4v) is 4.18. The highest BCUT2D eigenvalue weighted by Gasteiger charge is 2.27. The standard InChI is InChI=1S/C21H41O4P/c1-3-5-6-7-8-9-10-11-12-13-14-15-16-17-18-19-20(21(22)23)26(24,25)4-2/h19H,3-18H2,1-2H3,(H,22,23)(H,24,25). The summed E-state index contributed by atoms with van der Waals surface area (Å²) in [6, 6.07) is 0. The van der Waals surface area contributed by atoms with Crippen LogP contribution in [0.25, 0.3) is 0 Å². The first-order chi connectivity index (χ1) is 12.5. The van der Waals surface area contributed by atoms with E-state index in [9.17, 15) is 14.3 Å². The summed E-state index contributed by atoms with van der Waals surface area (Å²) in [6.45, 7) is 3.80. The molecule has 0 aromatic carbocycles. The molecule has 0 fully saturated rings. The summed E-state index contributed by atoms with van der Waals surface area (Å²) in [6.07, 6.45) is 19.9. The molecule has 1 unspecified atom stereocenters. The number of carboxylic acids is 1. The van der Waals surface area contributed by atoms with E-state index in [1.165, 1.54) is 76.7 Å². The molecule has 0 aromatic rings. The van der Waals surface area contributed by atoms with E-state index in [1.54, 1.807) is 6.92 Å². The maximum atomic E-state index is 11.8. The largest absolute Gasteiger partial charge is 0.477 e. The van der Waals surface area contributed by atoms with Gasteiger partial charge < -0.3 is 10.00 Å². The van der Waals surface area contributed by atoms with E-state index in [0.29, 0.717) is 6.42 Å². The Morgan fingerprint density at radius 3 is 1.50 bits per heavy atom. The first-order valence-electron chi connectivity index (χ1n) is 10.7. The average molecular weight is 389 g/mol. The average Bonchev–Trinajstić information content (AvgIpc) is 2.60. The first-order valence-corrected chi connectivity index (χ1v) is 12.6. The molecule has 0 bridgehead atoms. The summed E-state index contributed by atoms with van der Waals surface area (Å²) in [5.41, 5.74) is 0. The number of allylic oxidation sites excluding steroid dienone is 1. The topological polar surface area (TPSA) is 74.6 Å². The third-order valence-electron chi connectivity index (χ3n) is 4.92. The molecule has 0 heterocycles. The Morgan fingerprint density at radius 1 is 0.769 bits per heavy atom. The molecule has 0 aromatic heterocycles. The highest BCUT2D eigenvalue weighted by molar-refractivity contribution is 7.63. The lowest BCUT2D eigenvalue weighted by Crippen LogP contribution is -2.03. The molecule has 0 rings (SSSR count). The molecule has 0 saturated carbocycles. The van der Waals surface area contributed by atoms with Gasteiger partial charge in [-0.05, 0) is 12.8 Å². The van der Waals surface area contributed by atoms with E-state index >= 15 is 0 Å². The molecule has 0 aliphatic rings. The molecule has 1 atom stereocenters. The second-order valence-electron chi connectivity index (χ2n) is 7.30. The summed E-state index contributed by atoms with van der Waals surface area (Å²) in [5.74, 6) is -1.26. The summed E-state index contributed by atoms with van der Waals surface area (Å²) in [4.78, 5) is 20.8. The Bertz CT molecular complexity index is 432. The van der Waals surface area contributed by atoms with Gasteiger partial charge in [-0.3, -0.25) is 4.57 Å². The molecule has 2 N–H and O–H groups in total. The van der Waals surface area contributed by atoms with Crippen LogP contribution >= 0.6 is 7.37 Å². The Kier molecular flexibility index (Phi) is 16.2. The van der Waals surface area contributed by atoms with Crippen LogP contribution in [0.2, 0.25) is 0 Å². The number of carboxylic acid groups (broad SMARTS) is 1. The lowest BCUT2D eigenvalue weighted by atomic mass is 10.0. The summed E-state index contributed by atoms with van der Waals surface area (Å²) in [7, 11) is -3.67. The highest BCUT2D eigenvalue weighted by Crippen LogP contribution is 2.49. The Hall–Kier alpha value is -0.600. The van der Waals surface area contributed by atoms with Crippen molar-refractivity contribution < 1.29 is 19.4 Å². The molecule has 0 amide bonds. The fourth-order valence-electron chi connectivity index (χ4n) is 3.13. The lowest BCUT2D eigenvalue weighted by Gasteiger charge is -2.09. The van der Waals surface area contributed by atoms with Crippen LogP contribution in [0.3, 0.4) is 0 Å². The summed E-state index contributed by atoms with van der Waals surface area (Å²) < 4.78 is 11.8. The SMILES string of the molecule is CCCCCCCCCCCCCCCCC=C(C(=O)O)P(=O)(O)CC. The van der Waals surface area contributed by atoms with Crippen molar-refractivity contribution in [2.24, 2.45) is 0 Å². The van der Waals surface area contributed by atoms with Gasteiger partial charge in [0.25, 0.3) is 0 Å². The van der Waals surface area contributed by atoms with Crippen molar-refractivity contribution in [3.63, 3.8) is 0 Å². The molecule has 4 nitrogen and oxygen atoms in total. The molecular formula is C21H41O4P. The quantitative estimate of drug-likeness (QED) is 0.149. The van der Waals surface area contributed by atoms with Gasteiger partial charge in [-0.15, -0.1) is 0 Å². The van der Waals surface area contributed by atoms with E-state index in [0.717, 1.165) is 19.3 Å². The Labute approximate surface area is 160 Å². The zero-order chi connectivity index (χ0) is 19.7. The molecule has 5 heteroatoms. The summed E-state index contributed by atoms with van der Waals surface area (Å²) in [5, 5.41) is 8.76. The van der Waals surface area contributed by atoms with Crippen LogP contribution < -0.4 is 0 Å². The normalized spacial score (nSPS) is 14.3. The number of carbonyl (C=O) groups is 1. The van der Waals surface area contributed by atoms with Gasteiger partial charge in [0.05, 0.1) is 0 Å². The van der Waals surface area contributed by atoms with Crippen LogP contribution in [0.4, 0.5) is 0 Å². The second kappa shape index (κ2) is 16.6. The number of hydrogen-bond donors (Lipinski definition) is 2. The van der Waals surface area contributed by atoms with Crippen molar-refractivity contribution in [1.82, 2.24) is 0 Å². The monoisotopic (exact) mass is 388 g/mol. The van der Waals surface area contributed by atoms with Crippen molar-refractivity contribution in [1.29, 1.82) is 0 Å². The number of rotatable bonds is 18. The Morgan fingerprint density at radius 2 is 1.15 bits per heavy atom. The van der Waals surface area contributed by atoms with Gasteiger partial charge in [-0.25, -0.2) is 4.79 Å². The number of unbranched alkanes of at least 4 members (excludes halogenated alkanes) is 14. The van der Waals surface area contributed by atoms with E-state index in [-0.39, 0.29) is 11.5 Å². The minimum Gasteiger partial charge on any atom is -0.477 e. The Balaban J connectivity index is 3.55. The fraction of sp³-hybridized carbons (Fsp3) is 0.857. The van der Waals surface area contributed by atoms with Crippen LogP contribution in [0.1, 0.15) is 110 Å². The number of hydrogen-bond acceptors (Lipinski definition) is 2. The smallest absolute Gasteiger partial charge is 0.341 e. The van der Waals surface area contributed by atoms with E-state index in [2.05, 4.69) is 6.92 Å².